The van der Waals surface area contributed by atoms with E-state index in [9.17, 15) is 14.4 Å². The van der Waals surface area contributed by atoms with Crippen molar-refractivity contribution in [2.24, 2.45) is 5.73 Å². The number of carbonyl (C=O) groups is 2. The Balaban J connectivity index is 1.85. The van der Waals surface area contributed by atoms with Crippen molar-refractivity contribution in [2.75, 3.05) is 13.2 Å². The molecule has 6 heteroatoms. The molecule has 1 aromatic heterocycles. The van der Waals surface area contributed by atoms with E-state index in [0.717, 1.165) is 5.56 Å². The maximum Gasteiger partial charge on any atom is 0.319 e. The van der Waals surface area contributed by atoms with Gasteiger partial charge in [0.05, 0.1) is 24.4 Å². The summed E-state index contributed by atoms with van der Waals surface area (Å²) in [5.74, 6) is -0.549. The van der Waals surface area contributed by atoms with Gasteiger partial charge in [-0.2, -0.15) is 0 Å². The predicted octanol–water partition coefficient (Wildman–Crippen LogP) is 2.10. The van der Waals surface area contributed by atoms with Crippen LogP contribution in [0, 0.1) is 0 Å². The van der Waals surface area contributed by atoms with Crippen LogP contribution in [0.2, 0.25) is 0 Å². The monoisotopic (exact) mass is 362 g/mol. The van der Waals surface area contributed by atoms with Crippen molar-refractivity contribution in [1.29, 1.82) is 0 Å². The van der Waals surface area contributed by atoms with Gasteiger partial charge in [0.25, 0.3) is 5.56 Å². The van der Waals surface area contributed by atoms with Crippen molar-refractivity contribution < 1.29 is 14.3 Å². The Kier molecular flexibility index (Phi) is 4.33. The molecule has 0 bridgehead atoms. The molecule has 0 saturated carbocycles. The molecule has 1 heterocycles. The Hall–Kier alpha value is -3.25. The summed E-state index contributed by atoms with van der Waals surface area (Å²) in [5, 5.41) is 1.18. The van der Waals surface area contributed by atoms with Gasteiger partial charge in [-0.1, -0.05) is 42.5 Å². The zero-order chi connectivity index (χ0) is 19.0. The number of pyridine rings is 1. The van der Waals surface area contributed by atoms with E-state index in [1.807, 2.05) is 30.3 Å². The molecule has 0 radical (unpaired) electrons. The second kappa shape index (κ2) is 6.81. The Morgan fingerprint density at radius 1 is 0.963 bits per heavy atom. The summed E-state index contributed by atoms with van der Waals surface area (Å²) >= 11 is 0. The van der Waals surface area contributed by atoms with E-state index in [-0.39, 0.29) is 24.5 Å². The first-order chi connectivity index (χ1) is 13.1. The third-order valence-electron chi connectivity index (χ3n) is 4.79. The largest absolute Gasteiger partial charge is 0.465 e. The number of hydrogen-bond donors (Lipinski definition) is 1. The van der Waals surface area contributed by atoms with Gasteiger partial charge in [0.1, 0.15) is 0 Å². The lowest BCUT2D eigenvalue weighted by atomic mass is 10.0. The number of nitrogens with zero attached hydrogens (tertiary/aromatic N) is 1. The number of esters is 1. The molecule has 1 aliphatic carbocycles. The van der Waals surface area contributed by atoms with Gasteiger partial charge in [0.2, 0.25) is 0 Å². The zero-order valence-corrected chi connectivity index (χ0v) is 14.6. The smallest absolute Gasteiger partial charge is 0.319 e. The minimum Gasteiger partial charge on any atom is -0.465 e. The number of aromatic nitrogens is 1. The molecular weight excluding hydrogens is 344 g/mol. The molecule has 0 unspecified atom stereocenters. The molecule has 0 saturated heterocycles. The minimum atomic E-state index is -0.480. The molecule has 1 aliphatic rings. The average molecular weight is 362 g/mol. The molecule has 0 fully saturated rings. The van der Waals surface area contributed by atoms with Gasteiger partial charge < -0.3 is 15.0 Å². The lowest BCUT2D eigenvalue weighted by Crippen LogP contribution is -2.24. The summed E-state index contributed by atoms with van der Waals surface area (Å²) in [5.41, 5.74) is 7.64. The fourth-order valence-corrected chi connectivity index (χ4v) is 3.61. The van der Waals surface area contributed by atoms with E-state index in [2.05, 4.69) is 0 Å². The zero-order valence-electron chi connectivity index (χ0n) is 14.6. The number of ketones is 1. The normalized spacial score (nSPS) is 12.1. The van der Waals surface area contributed by atoms with Crippen molar-refractivity contribution >= 4 is 22.5 Å². The van der Waals surface area contributed by atoms with Crippen LogP contribution < -0.4 is 11.3 Å². The summed E-state index contributed by atoms with van der Waals surface area (Å²) in [6.45, 7) is 0.332. The molecule has 0 atom stereocenters. The quantitative estimate of drug-likeness (QED) is 0.434. The standard InChI is InChI=1S/C21H18N2O4/c22-12-17(24)27-11-5-10-23-19-14-7-2-3-8-15(14)20(25)18(19)13-6-1-4-9-16(13)21(23)26/h1-4,6-9H,5,10-12,22H2. The van der Waals surface area contributed by atoms with Crippen LogP contribution in [0.15, 0.2) is 53.3 Å². The summed E-state index contributed by atoms with van der Waals surface area (Å²) in [6.07, 6.45) is 0.451. The second-order valence-electron chi connectivity index (χ2n) is 6.38. The average Bonchev–Trinajstić information content (AvgIpc) is 3.00. The van der Waals surface area contributed by atoms with Crippen LogP contribution in [-0.2, 0) is 16.1 Å². The molecule has 2 N–H and O–H groups in total. The second-order valence-corrected chi connectivity index (χ2v) is 6.38. The topological polar surface area (TPSA) is 91.4 Å². The van der Waals surface area contributed by atoms with Gasteiger partial charge in [-0.05, 0) is 12.5 Å². The predicted molar refractivity (Wildman–Crippen MR) is 102 cm³/mol. The van der Waals surface area contributed by atoms with E-state index in [1.54, 1.807) is 22.8 Å². The fourth-order valence-electron chi connectivity index (χ4n) is 3.61. The fraction of sp³-hybridized carbons (Fsp3) is 0.190. The van der Waals surface area contributed by atoms with Crippen molar-refractivity contribution in [1.82, 2.24) is 4.57 Å². The first-order valence-corrected chi connectivity index (χ1v) is 8.79. The molecule has 4 rings (SSSR count). The lowest BCUT2D eigenvalue weighted by molar-refractivity contribution is -0.142. The minimum absolute atomic E-state index is 0.0693. The van der Waals surface area contributed by atoms with E-state index in [0.29, 0.717) is 40.6 Å². The molecule has 6 nitrogen and oxygen atoms in total. The van der Waals surface area contributed by atoms with Crippen LogP contribution in [0.3, 0.4) is 0 Å². The van der Waals surface area contributed by atoms with E-state index >= 15 is 0 Å². The van der Waals surface area contributed by atoms with Crippen molar-refractivity contribution in [3.05, 3.63) is 70.0 Å². The van der Waals surface area contributed by atoms with Crippen LogP contribution in [0.5, 0.6) is 0 Å². The third kappa shape index (κ3) is 2.74. The summed E-state index contributed by atoms with van der Waals surface area (Å²) < 4.78 is 6.63. The number of hydrogen-bond acceptors (Lipinski definition) is 5. The number of benzene rings is 2. The highest BCUT2D eigenvalue weighted by atomic mass is 16.5. The summed E-state index contributed by atoms with van der Waals surface area (Å²) in [7, 11) is 0. The van der Waals surface area contributed by atoms with Crippen LogP contribution in [-0.4, -0.2) is 29.5 Å². The summed E-state index contributed by atoms with van der Waals surface area (Å²) in [4.78, 5) is 37.3. The van der Waals surface area contributed by atoms with Crippen molar-refractivity contribution in [3.63, 3.8) is 0 Å². The van der Waals surface area contributed by atoms with Gasteiger partial charge >= 0.3 is 5.97 Å². The van der Waals surface area contributed by atoms with Gasteiger partial charge in [-0.25, -0.2) is 0 Å². The highest BCUT2D eigenvalue weighted by Gasteiger charge is 2.32. The van der Waals surface area contributed by atoms with E-state index < -0.39 is 5.97 Å². The summed E-state index contributed by atoms with van der Waals surface area (Å²) in [6, 6.07) is 14.5. The Labute approximate surface area is 155 Å². The molecule has 27 heavy (non-hydrogen) atoms. The highest BCUT2D eigenvalue weighted by Crippen LogP contribution is 2.39. The maximum atomic E-state index is 13.1. The van der Waals surface area contributed by atoms with Crippen LogP contribution in [0.4, 0.5) is 0 Å². The van der Waals surface area contributed by atoms with E-state index in [1.165, 1.54) is 0 Å². The van der Waals surface area contributed by atoms with Crippen LogP contribution in [0.1, 0.15) is 22.3 Å². The molecule has 0 aliphatic heterocycles. The maximum absolute atomic E-state index is 13.1. The Morgan fingerprint density at radius 2 is 1.63 bits per heavy atom. The van der Waals surface area contributed by atoms with Gasteiger partial charge in [-0.3, -0.25) is 14.4 Å². The van der Waals surface area contributed by atoms with Gasteiger partial charge in [-0.15, -0.1) is 0 Å². The number of nitrogens with two attached hydrogens (primary N) is 1. The van der Waals surface area contributed by atoms with Gasteiger partial charge in [0.15, 0.2) is 5.78 Å². The third-order valence-corrected chi connectivity index (χ3v) is 4.79. The number of carbonyl (C=O) groups excluding carboxylic acids is 2. The molecule has 136 valence electrons. The number of fused-ring (bicyclic) bond motifs is 5. The number of rotatable bonds is 5. The van der Waals surface area contributed by atoms with Crippen LogP contribution >= 0.6 is 0 Å². The highest BCUT2D eigenvalue weighted by molar-refractivity contribution is 6.26. The Morgan fingerprint density at radius 3 is 2.37 bits per heavy atom. The first-order valence-electron chi connectivity index (χ1n) is 8.79. The Bertz CT molecular complexity index is 1130. The lowest BCUT2D eigenvalue weighted by Gasteiger charge is -2.15. The first kappa shape index (κ1) is 17.2. The number of ether oxygens (including phenoxy) is 1. The van der Waals surface area contributed by atoms with E-state index in [4.69, 9.17) is 10.5 Å². The van der Waals surface area contributed by atoms with Crippen molar-refractivity contribution in [2.45, 2.75) is 13.0 Å². The molecule has 3 aromatic rings. The van der Waals surface area contributed by atoms with Crippen molar-refractivity contribution in [3.8, 4) is 11.3 Å². The molecule has 2 aromatic carbocycles. The SMILES string of the molecule is NCC(=O)OCCCn1c2c(c3ccccc3c1=O)C(=O)c1ccccc1-2. The molecule has 0 spiro atoms. The van der Waals surface area contributed by atoms with Gasteiger partial charge in [0, 0.05) is 28.4 Å². The van der Waals surface area contributed by atoms with Crippen LogP contribution in [0.25, 0.3) is 22.0 Å². The molecule has 0 amide bonds. The molecular formula is C21H18N2O4.